The Hall–Kier alpha value is -0.633. The molecule has 0 aromatic rings. The van der Waals surface area contributed by atoms with Crippen LogP contribution in [0.3, 0.4) is 0 Å². The quantitative estimate of drug-likeness (QED) is 0.675. The Labute approximate surface area is 160 Å². The second kappa shape index (κ2) is 8.16. The van der Waals surface area contributed by atoms with Gasteiger partial charge in [-0.05, 0) is 58.7 Å². The van der Waals surface area contributed by atoms with Crippen LogP contribution in [0.5, 0.6) is 0 Å². The zero-order valence-corrected chi connectivity index (χ0v) is 19.1. The maximum absolute atomic E-state index is 11.9. The lowest BCUT2D eigenvalue weighted by atomic mass is 9.92. The van der Waals surface area contributed by atoms with Gasteiger partial charge < -0.3 is 24.3 Å². The van der Waals surface area contributed by atoms with Crippen LogP contribution in [0.25, 0.3) is 0 Å². The van der Waals surface area contributed by atoms with E-state index in [0.29, 0.717) is 26.1 Å². The first-order valence-electron chi connectivity index (χ1n) is 9.53. The van der Waals surface area contributed by atoms with E-state index in [4.69, 9.17) is 13.9 Å². The normalized spacial score (nSPS) is 25.8. The van der Waals surface area contributed by atoms with E-state index in [-0.39, 0.29) is 11.1 Å². The van der Waals surface area contributed by atoms with Crippen molar-refractivity contribution >= 4 is 14.4 Å². The number of alkyl carbamates (subject to hydrolysis) is 1. The number of ether oxygens (including phenoxy) is 2. The second-order valence-electron chi connectivity index (χ2n) is 10.0. The lowest BCUT2D eigenvalue weighted by Gasteiger charge is -2.45. The molecule has 154 valence electrons. The number of hydrogen-bond donors (Lipinski definition) is 2. The summed E-state index contributed by atoms with van der Waals surface area (Å²) in [7, 11) is -2.07. The molecule has 7 heteroatoms. The molecule has 3 atom stereocenters. The number of carbonyl (C=O) groups is 1. The van der Waals surface area contributed by atoms with Crippen molar-refractivity contribution in [3.63, 3.8) is 0 Å². The SMILES string of the molecule is CC(CC[C@]1(O[Si](C)(C)C(C)(C)C)COCC1O)NC(=O)OC(C)(C)C. The van der Waals surface area contributed by atoms with Gasteiger partial charge in [0.25, 0.3) is 0 Å². The van der Waals surface area contributed by atoms with Gasteiger partial charge in [0.15, 0.2) is 8.32 Å². The van der Waals surface area contributed by atoms with Crippen LogP contribution in [0.2, 0.25) is 18.1 Å². The van der Waals surface area contributed by atoms with Crippen molar-refractivity contribution in [3.8, 4) is 0 Å². The fourth-order valence-electron chi connectivity index (χ4n) is 2.68. The minimum Gasteiger partial charge on any atom is -0.444 e. The number of amides is 1. The highest BCUT2D eigenvalue weighted by atomic mass is 28.4. The second-order valence-corrected chi connectivity index (χ2v) is 14.8. The van der Waals surface area contributed by atoms with E-state index in [2.05, 4.69) is 39.2 Å². The molecule has 0 bridgehead atoms. The summed E-state index contributed by atoms with van der Waals surface area (Å²) in [6.07, 6.45) is 0.226. The van der Waals surface area contributed by atoms with E-state index in [1.807, 2.05) is 27.7 Å². The highest BCUT2D eigenvalue weighted by Gasteiger charge is 2.51. The molecule has 1 saturated heterocycles. The lowest BCUT2D eigenvalue weighted by Crippen LogP contribution is -2.55. The minimum absolute atomic E-state index is 0.0443. The van der Waals surface area contributed by atoms with E-state index in [0.717, 1.165) is 0 Å². The molecule has 0 saturated carbocycles. The summed E-state index contributed by atoms with van der Waals surface area (Å²) >= 11 is 0. The van der Waals surface area contributed by atoms with Crippen LogP contribution in [0.15, 0.2) is 0 Å². The first-order chi connectivity index (χ1) is 11.6. The van der Waals surface area contributed by atoms with Gasteiger partial charge in [-0.1, -0.05) is 20.8 Å². The number of rotatable bonds is 6. The first-order valence-corrected chi connectivity index (χ1v) is 12.4. The Bertz CT molecular complexity index is 483. The number of aliphatic hydroxyl groups excluding tert-OH is 1. The van der Waals surface area contributed by atoms with Crippen LogP contribution < -0.4 is 5.32 Å². The van der Waals surface area contributed by atoms with E-state index >= 15 is 0 Å². The number of nitrogens with one attached hydrogen (secondary N) is 1. The van der Waals surface area contributed by atoms with Gasteiger partial charge in [-0.2, -0.15) is 0 Å². The Morgan fingerprint density at radius 3 is 2.31 bits per heavy atom. The fourth-order valence-corrected chi connectivity index (χ4v) is 4.30. The van der Waals surface area contributed by atoms with E-state index in [1.165, 1.54) is 0 Å². The molecule has 1 fully saturated rings. The summed E-state index contributed by atoms with van der Waals surface area (Å²) in [4.78, 5) is 11.9. The molecular weight excluding hydrogens is 350 g/mol. The molecule has 0 spiro atoms. The minimum atomic E-state index is -2.07. The van der Waals surface area contributed by atoms with Crippen molar-refractivity contribution in [2.24, 2.45) is 0 Å². The highest BCUT2D eigenvalue weighted by molar-refractivity contribution is 6.74. The standard InChI is InChI=1S/C19H39NO5Si/c1-14(20-16(22)24-17(2,3)4)10-11-19(13-23-12-15(19)21)25-26(8,9)18(5,6)7/h14-15,21H,10-13H2,1-9H3,(H,20,22)/t14?,15?,19-/m0/s1. The summed E-state index contributed by atoms with van der Waals surface area (Å²) < 4.78 is 17.5. The van der Waals surface area contributed by atoms with Crippen LogP contribution in [0, 0.1) is 0 Å². The van der Waals surface area contributed by atoms with Crippen molar-refractivity contribution in [1.82, 2.24) is 5.32 Å². The van der Waals surface area contributed by atoms with Gasteiger partial charge in [-0.3, -0.25) is 0 Å². The van der Waals surface area contributed by atoms with Gasteiger partial charge in [0.05, 0.1) is 13.2 Å². The predicted octanol–water partition coefficient (Wildman–Crippen LogP) is 3.83. The molecule has 6 nitrogen and oxygen atoms in total. The molecule has 1 rings (SSSR count). The zero-order valence-electron chi connectivity index (χ0n) is 18.1. The predicted molar refractivity (Wildman–Crippen MR) is 106 cm³/mol. The molecule has 1 aliphatic heterocycles. The van der Waals surface area contributed by atoms with Gasteiger partial charge in [0, 0.05) is 6.04 Å². The summed E-state index contributed by atoms with van der Waals surface area (Å²) in [5.41, 5.74) is -1.22. The number of hydrogen-bond acceptors (Lipinski definition) is 5. The average molecular weight is 390 g/mol. The van der Waals surface area contributed by atoms with Crippen molar-refractivity contribution in [1.29, 1.82) is 0 Å². The summed E-state index contributed by atoms with van der Waals surface area (Å²) in [6, 6.07) is -0.0856. The third-order valence-corrected chi connectivity index (χ3v) is 9.79. The van der Waals surface area contributed by atoms with Gasteiger partial charge in [-0.25, -0.2) is 4.79 Å². The molecule has 1 aliphatic rings. The first kappa shape index (κ1) is 23.4. The Morgan fingerprint density at radius 1 is 1.31 bits per heavy atom. The molecule has 0 radical (unpaired) electrons. The van der Waals surface area contributed by atoms with Crippen LogP contribution in [-0.2, 0) is 13.9 Å². The van der Waals surface area contributed by atoms with Crippen molar-refractivity contribution in [2.75, 3.05) is 13.2 Å². The van der Waals surface area contributed by atoms with Gasteiger partial charge in [0.2, 0.25) is 0 Å². The largest absolute Gasteiger partial charge is 0.444 e. The highest BCUT2D eigenvalue weighted by Crippen LogP contribution is 2.42. The van der Waals surface area contributed by atoms with Crippen molar-refractivity contribution < 1.29 is 23.8 Å². The van der Waals surface area contributed by atoms with Gasteiger partial charge in [0.1, 0.15) is 17.3 Å². The molecule has 26 heavy (non-hydrogen) atoms. The molecule has 0 aromatic heterocycles. The van der Waals surface area contributed by atoms with Crippen molar-refractivity contribution in [3.05, 3.63) is 0 Å². The third-order valence-electron chi connectivity index (χ3n) is 5.26. The third kappa shape index (κ3) is 6.51. The molecule has 2 N–H and O–H groups in total. The maximum Gasteiger partial charge on any atom is 0.407 e. The number of carbonyl (C=O) groups excluding carboxylic acids is 1. The number of aliphatic hydroxyl groups is 1. The summed E-state index contributed by atoms with van der Waals surface area (Å²) in [6.45, 7) is 19.0. The van der Waals surface area contributed by atoms with E-state index in [9.17, 15) is 9.90 Å². The summed E-state index contributed by atoms with van der Waals surface area (Å²) in [5.74, 6) is 0. The molecule has 1 heterocycles. The Kier molecular flexibility index (Phi) is 7.35. The Morgan fingerprint density at radius 2 is 1.88 bits per heavy atom. The average Bonchev–Trinajstić information content (AvgIpc) is 2.74. The summed E-state index contributed by atoms with van der Waals surface area (Å²) in [5, 5.41) is 13.5. The topological polar surface area (TPSA) is 77.0 Å². The molecule has 0 aliphatic carbocycles. The molecule has 0 aromatic carbocycles. The van der Waals surface area contributed by atoms with Crippen LogP contribution in [-0.4, -0.2) is 56.1 Å². The zero-order chi connectivity index (χ0) is 20.4. The van der Waals surface area contributed by atoms with Crippen LogP contribution in [0.4, 0.5) is 4.79 Å². The molecule has 1 amide bonds. The van der Waals surface area contributed by atoms with Crippen LogP contribution >= 0.6 is 0 Å². The lowest BCUT2D eigenvalue weighted by molar-refractivity contribution is -0.0400. The molecular formula is C19H39NO5Si. The Balaban J connectivity index is 2.73. The fraction of sp³-hybridized carbons (Fsp3) is 0.947. The van der Waals surface area contributed by atoms with E-state index < -0.39 is 31.7 Å². The van der Waals surface area contributed by atoms with E-state index in [1.54, 1.807) is 0 Å². The smallest absolute Gasteiger partial charge is 0.407 e. The van der Waals surface area contributed by atoms with Gasteiger partial charge in [-0.15, -0.1) is 0 Å². The molecule has 2 unspecified atom stereocenters. The van der Waals surface area contributed by atoms with Crippen LogP contribution in [0.1, 0.15) is 61.3 Å². The van der Waals surface area contributed by atoms with Crippen molar-refractivity contribution in [2.45, 2.75) is 103 Å². The van der Waals surface area contributed by atoms with Gasteiger partial charge >= 0.3 is 6.09 Å². The maximum atomic E-state index is 11.9. The monoisotopic (exact) mass is 389 g/mol.